The zero-order valence-corrected chi connectivity index (χ0v) is 18.1. The summed E-state index contributed by atoms with van der Waals surface area (Å²) in [5.74, 6) is 0.459. The largest absolute Gasteiger partial charge is 0.387 e. The minimum atomic E-state index is -0.553. The topological polar surface area (TPSA) is 93.2 Å². The fourth-order valence-corrected chi connectivity index (χ4v) is 3.35. The van der Waals surface area contributed by atoms with Gasteiger partial charge in [0.05, 0.1) is 11.8 Å². The number of benzene rings is 1. The van der Waals surface area contributed by atoms with Crippen LogP contribution in [-0.4, -0.2) is 32.0 Å². The van der Waals surface area contributed by atoms with Crippen molar-refractivity contribution in [2.75, 3.05) is 0 Å². The number of hydrogen-bond acceptors (Lipinski definition) is 5. The number of nitrogens with zero attached hydrogens (tertiary/aromatic N) is 3. The summed E-state index contributed by atoms with van der Waals surface area (Å²) in [6.45, 7) is 2.49. The van der Waals surface area contributed by atoms with Gasteiger partial charge >= 0.3 is 0 Å². The number of aliphatic hydroxyl groups excluding tert-OH is 1. The lowest BCUT2D eigenvalue weighted by Gasteiger charge is -2.35. The van der Waals surface area contributed by atoms with Crippen LogP contribution in [0.25, 0.3) is 11.3 Å². The number of aromatic nitrogens is 3. The van der Waals surface area contributed by atoms with Crippen LogP contribution in [0.5, 0.6) is 0 Å². The number of rotatable bonds is 6. The van der Waals surface area contributed by atoms with E-state index in [1.807, 2.05) is 47.3 Å². The third-order valence-corrected chi connectivity index (χ3v) is 4.91. The van der Waals surface area contributed by atoms with E-state index < -0.39 is 6.10 Å². The number of hydrogen-bond donors (Lipinski definition) is 2. The first-order chi connectivity index (χ1) is 13.1. The van der Waals surface area contributed by atoms with Gasteiger partial charge in [0.2, 0.25) is 5.76 Å². The molecule has 0 unspecified atom stereocenters. The van der Waals surface area contributed by atoms with Crippen LogP contribution >= 0.6 is 27.0 Å². The fourth-order valence-electron chi connectivity index (χ4n) is 3.35. The lowest BCUT2D eigenvalue weighted by Crippen LogP contribution is -2.45. The molecule has 2 aromatic heterocycles. The number of amides is 1. The second kappa shape index (κ2) is 14.0. The standard InChI is InChI=1S/C20H22N4O3.3CH4.2H2S/c1-13(25)17-7-8-24(22-17)12-14-9-16(10-14)21-20(26)19-11-18(23-27-19)15-5-3-2-4-6-15;;;;;/h2-8,11,13-14,16,25H,9-10,12H2,1H3,(H,21,26);3*1H4;2*1H2/t13-,14?,16?;;;;;/m0...../s1. The molecule has 0 bridgehead atoms. The molecular formula is C23H38N4O3S2. The molecule has 4 rings (SSSR count). The molecule has 180 valence electrons. The maximum atomic E-state index is 12.3. The summed E-state index contributed by atoms with van der Waals surface area (Å²) >= 11 is 0. The summed E-state index contributed by atoms with van der Waals surface area (Å²) in [5, 5.41) is 20.9. The first kappa shape index (κ1) is 32.0. The summed E-state index contributed by atoms with van der Waals surface area (Å²) in [4.78, 5) is 12.3. The molecule has 0 aliphatic heterocycles. The van der Waals surface area contributed by atoms with E-state index in [0.717, 1.165) is 24.9 Å². The normalized spacial score (nSPS) is 16.9. The lowest BCUT2D eigenvalue weighted by atomic mass is 9.80. The molecule has 1 fully saturated rings. The molecule has 9 heteroatoms. The van der Waals surface area contributed by atoms with Gasteiger partial charge in [0.25, 0.3) is 5.91 Å². The molecule has 7 nitrogen and oxygen atoms in total. The summed E-state index contributed by atoms with van der Waals surface area (Å²) in [5.41, 5.74) is 2.25. The van der Waals surface area contributed by atoms with Crippen LogP contribution < -0.4 is 5.32 Å². The van der Waals surface area contributed by atoms with Crippen molar-refractivity contribution in [1.29, 1.82) is 0 Å². The third-order valence-electron chi connectivity index (χ3n) is 4.91. The highest BCUT2D eigenvalue weighted by Gasteiger charge is 2.31. The highest BCUT2D eigenvalue weighted by atomic mass is 32.1. The molecule has 1 aromatic carbocycles. The van der Waals surface area contributed by atoms with Crippen LogP contribution in [0, 0.1) is 5.92 Å². The molecular weight excluding hydrogens is 444 g/mol. The summed E-state index contributed by atoms with van der Waals surface area (Å²) < 4.78 is 7.05. The van der Waals surface area contributed by atoms with E-state index in [1.165, 1.54) is 0 Å². The van der Waals surface area contributed by atoms with Gasteiger partial charge < -0.3 is 14.9 Å². The van der Waals surface area contributed by atoms with E-state index in [4.69, 9.17) is 4.52 Å². The smallest absolute Gasteiger partial charge is 0.290 e. The minimum absolute atomic E-state index is 0. The van der Waals surface area contributed by atoms with Gasteiger partial charge in [-0.15, -0.1) is 0 Å². The van der Waals surface area contributed by atoms with Crippen molar-refractivity contribution >= 4 is 32.9 Å². The van der Waals surface area contributed by atoms with Gasteiger partial charge in [0, 0.05) is 30.4 Å². The molecule has 3 aromatic rings. The molecule has 1 aliphatic carbocycles. The van der Waals surface area contributed by atoms with Gasteiger partial charge in [-0.1, -0.05) is 57.8 Å². The van der Waals surface area contributed by atoms with Crippen LogP contribution in [0.4, 0.5) is 0 Å². The van der Waals surface area contributed by atoms with Crippen LogP contribution in [0.3, 0.4) is 0 Å². The Bertz CT molecular complexity index is 922. The van der Waals surface area contributed by atoms with Crippen LogP contribution in [-0.2, 0) is 6.54 Å². The van der Waals surface area contributed by atoms with Crippen LogP contribution in [0.15, 0.2) is 53.2 Å². The number of carbonyl (C=O) groups is 1. The maximum Gasteiger partial charge on any atom is 0.290 e. The Hall–Kier alpha value is -2.23. The first-order valence-electron chi connectivity index (χ1n) is 9.13. The molecule has 1 atom stereocenters. The van der Waals surface area contributed by atoms with Gasteiger partial charge in [0.1, 0.15) is 5.69 Å². The van der Waals surface area contributed by atoms with Gasteiger partial charge in [-0.3, -0.25) is 9.48 Å². The van der Waals surface area contributed by atoms with Crippen molar-refractivity contribution in [3.8, 4) is 11.3 Å². The average Bonchev–Trinajstić information content (AvgIpc) is 3.30. The van der Waals surface area contributed by atoms with Crippen molar-refractivity contribution in [2.45, 2.75) is 60.7 Å². The predicted octanol–water partition coefficient (Wildman–Crippen LogP) is 4.93. The first-order valence-corrected chi connectivity index (χ1v) is 9.13. The van der Waals surface area contributed by atoms with Crippen molar-refractivity contribution in [2.24, 2.45) is 5.92 Å². The Labute approximate surface area is 205 Å². The molecule has 1 aliphatic rings. The molecule has 0 radical (unpaired) electrons. The van der Waals surface area contributed by atoms with Gasteiger partial charge in [-0.25, -0.2) is 0 Å². The van der Waals surface area contributed by atoms with Gasteiger partial charge in [-0.05, 0) is 31.7 Å². The highest BCUT2D eigenvalue weighted by Crippen LogP contribution is 2.29. The van der Waals surface area contributed by atoms with E-state index in [9.17, 15) is 9.90 Å². The molecule has 2 N–H and O–H groups in total. The second-order valence-corrected chi connectivity index (χ2v) is 7.09. The fraction of sp³-hybridized carbons (Fsp3) is 0.435. The summed E-state index contributed by atoms with van der Waals surface area (Å²) in [6.07, 6.45) is 3.13. The van der Waals surface area contributed by atoms with Crippen molar-refractivity contribution < 1.29 is 14.4 Å². The van der Waals surface area contributed by atoms with Gasteiger partial charge in [0.15, 0.2) is 0 Å². The second-order valence-electron chi connectivity index (χ2n) is 7.09. The van der Waals surface area contributed by atoms with Gasteiger partial charge in [-0.2, -0.15) is 32.1 Å². The zero-order valence-electron chi connectivity index (χ0n) is 16.1. The molecule has 1 amide bonds. The lowest BCUT2D eigenvalue weighted by molar-refractivity contribution is 0.0842. The quantitative estimate of drug-likeness (QED) is 0.519. The Morgan fingerprint density at radius 3 is 2.44 bits per heavy atom. The van der Waals surface area contributed by atoms with Crippen LogP contribution in [0.2, 0.25) is 0 Å². The molecule has 2 heterocycles. The van der Waals surface area contributed by atoms with Crippen molar-refractivity contribution in [1.82, 2.24) is 20.3 Å². The van der Waals surface area contributed by atoms with E-state index in [-0.39, 0.29) is 67.0 Å². The highest BCUT2D eigenvalue weighted by molar-refractivity contribution is 7.59. The Balaban J connectivity index is 0. The van der Waals surface area contributed by atoms with E-state index in [1.54, 1.807) is 13.0 Å². The van der Waals surface area contributed by atoms with E-state index >= 15 is 0 Å². The Kier molecular flexibility index (Phi) is 14.0. The molecule has 0 saturated heterocycles. The summed E-state index contributed by atoms with van der Waals surface area (Å²) in [6, 6.07) is 13.3. The zero-order chi connectivity index (χ0) is 18.8. The minimum Gasteiger partial charge on any atom is -0.387 e. The monoisotopic (exact) mass is 482 g/mol. The third kappa shape index (κ3) is 7.43. The van der Waals surface area contributed by atoms with Crippen LogP contribution in [0.1, 0.15) is 64.4 Å². The Morgan fingerprint density at radius 2 is 1.84 bits per heavy atom. The van der Waals surface area contributed by atoms with E-state index in [0.29, 0.717) is 17.3 Å². The van der Waals surface area contributed by atoms with Crippen molar-refractivity contribution in [3.05, 3.63) is 60.1 Å². The number of aliphatic hydroxyl groups is 1. The summed E-state index contributed by atoms with van der Waals surface area (Å²) in [7, 11) is 0. The number of nitrogens with one attached hydrogen (secondary N) is 1. The molecule has 32 heavy (non-hydrogen) atoms. The van der Waals surface area contributed by atoms with Crippen molar-refractivity contribution in [3.63, 3.8) is 0 Å². The molecule has 0 spiro atoms. The SMILES string of the molecule is C.C.C.C[C@H](O)c1ccn(CC2CC(NC(=O)c3cc(-c4ccccc4)no3)C2)n1.S.S. The van der Waals surface area contributed by atoms with E-state index in [2.05, 4.69) is 15.6 Å². The number of carbonyl (C=O) groups excluding carboxylic acids is 1. The predicted molar refractivity (Wildman–Crippen MR) is 140 cm³/mol. The molecule has 1 saturated carbocycles. The maximum absolute atomic E-state index is 12.3. The Morgan fingerprint density at radius 1 is 1.19 bits per heavy atom. The average molecular weight is 483 g/mol.